The van der Waals surface area contributed by atoms with E-state index in [0.29, 0.717) is 0 Å². The summed E-state index contributed by atoms with van der Waals surface area (Å²) in [5.74, 6) is -14.1. The van der Waals surface area contributed by atoms with Gasteiger partial charge in [0.05, 0.1) is 46.9 Å². The lowest BCUT2D eigenvalue weighted by atomic mass is 9.84. The predicted octanol–water partition coefficient (Wildman–Crippen LogP) is 1.21. The number of Topliss-reactive ketones (excluding diaryl/α,β-unsaturated/α-hetero) is 1. The molecule has 18 N–H and O–H groups in total. The third kappa shape index (κ3) is 16.1. The Kier molecular flexibility index (Phi) is 23.2. The summed E-state index contributed by atoms with van der Waals surface area (Å²) in [7, 11) is 4.91. The molecular weight excluding hydrogens is 1390 g/mol. The second kappa shape index (κ2) is 31.1. The normalized spacial score (nSPS) is 29.2. The fraction of sp³-hybridized carbons (Fsp3) is 0.449. The molecule has 0 aliphatic carbocycles. The third-order valence-electron chi connectivity index (χ3n) is 18.9. The zero-order valence-corrected chi connectivity index (χ0v) is 58.3. The Morgan fingerprint density at radius 3 is 1.90 bits per heavy atom. The molecule has 18 atom stereocenters. The van der Waals surface area contributed by atoms with Crippen LogP contribution >= 0.6 is 23.2 Å². The Labute approximate surface area is 599 Å². The molecule has 10 unspecified atom stereocenters. The van der Waals surface area contributed by atoms with E-state index in [1.807, 2.05) is 13.8 Å². The maximum absolute atomic E-state index is 16.1. The molecule has 0 saturated carbocycles. The van der Waals surface area contributed by atoms with Crippen molar-refractivity contribution in [1.82, 2.24) is 42.1 Å². The van der Waals surface area contributed by atoms with Gasteiger partial charge < -0.3 is 122 Å². The van der Waals surface area contributed by atoms with E-state index < -0.39 is 214 Å². The molecule has 5 aromatic rings. The minimum absolute atomic E-state index is 0.0741. The van der Waals surface area contributed by atoms with E-state index in [9.17, 15) is 69.9 Å². The van der Waals surface area contributed by atoms with Crippen molar-refractivity contribution in [3.63, 3.8) is 0 Å². The first kappa shape index (κ1) is 76.6. The Morgan fingerprint density at radius 1 is 0.718 bits per heavy atom. The number of hydrogen-bond donors (Lipinski definition) is 17. The van der Waals surface area contributed by atoms with Crippen LogP contribution in [0.1, 0.15) is 112 Å². The van der Waals surface area contributed by atoms with Gasteiger partial charge in [0, 0.05) is 23.6 Å². The number of ketones is 1. The number of aromatic hydroxyl groups is 3. The van der Waals surface area contributed by atoms with E-state index in [2.05, 4.69) is 37.2 Å². The molecule has 2 fully saturated rings. The molecule has 11 bridgehead atoms. The summed E-state index contributed by atoms with van der Waals surface area (Å²) < 4.78 is 38.9. The van der Waals surface area contributed by atoms with Gasteiger partial charge in [0.2, 0.25) is 53.4 Å². The van der Waals surface area contributed by atoms with Gasteiger partial charge in [0.15, 0.2) is 29.7 Å². The smallest absolute Gasteiger partial charge is 0.248 e. The summed E-state index contributed by atoms with van der Waals surface area (Å²) in [6.07, 6.45) is -17.8. The minimum atomic E-state index is -2.31. The van der Waals surface area contributed by atoms with Crippen molar-refractivity contribution >= 4 is 70.3 Å². The molecule has 5 aromatic carbocycles. The summed E-state index contributed by atoms with van der Waals surface area (Å²) in [5.41, 5.74) is 2.59. The van der Waals surface area contributed by atoms with Crippen LogP contribution in [0.5, 0.6) is 46.0 Å². The molecule has 0 radical (unpaired) electrons. The molecule has 7 heterocycles. The molecule has 7 amide bonds. The number of fused-ring (bicyclic) bond motifs is 15. The first-order valence-electron chi connectivity index (χ1n) is 32.7. The van der Waals surface area contributed by atoms with Gasteiger partial charge in [-0.25, -0.2) is 0 Å². The summed E-state index contributed by atoms with van der Waals surface area (Å²) in [4.78, 5) is 119. The minimum Gasteiger partial charge on any atom is -0.508 e. The van der Waals surface area contributed by atoms with Crippen molar-refractivity contribution < 1.29 is 113 Å². The van der Waals surface area contributed by atoms with Gasteiger partial charge in [-0.1, -0.05) is 55.2 Å². The summed E-state index contributed by atoms with van der Waals surface area (Å²) >= 11 is 14.2. The molecular formula is C69H81Cl2N9O23. The van der Waals surface area contributed by atoms with E-state index in [-0.39, 0.29) is 68.7 Å². The Bertz CT molecular complexity index is 4130. The lowest BCUT2D eigenvalue weighted by Gasteiger charge is -2.50. The van der Waals surface area contributed by atoms with Crippen LogP contribution in [0.15, 0.2) is 78.9 Å². The number of aliphatic hydroxyl groups is 6. The first-order valence-corrected chi connectivity index (χ1v) is 33.5. The van der Waals surface area contributed by atoms with Gasteiger partial charge in [-0.2, -0.15) is 0 Å². The number of nitrogens with one attached hydrogen (secondary N) is 7. The monoisotopic (exact) mass is 1470 g/mol. The predicted molar refractivity (Wildman–Crippen MR) is 362 cm³/mol. The molecule has 32 nitrogen and oxygen atoms in total. The Morgan fingerprint density at radius 2 is 1.32 bits per heavy atom. The number of phenolic OH excluding ortho intramolecular Hbond substituents is 3. The maximum atomic E-state index is 16.1. The number of aliphatic hydroxyl groups excluding tert-OH is 6. The number of nitrogens with two attached hydrogens (primary N) is 1. The van der Waals surface area contributed by atoms with Gasteiger partial charge in [0.25, 0.3) is 0 Å². The third-order valence-corrected chi connectivity index (χ3v) is 19.5. The number of benzene rings is 5. The number of carbonyl (C=O) groups excluding carboxylic acids is 8. The SMILES string of the molecule is CN[C@H](CC(C)C)C(=O)NC1C(=O)N[C@@H](CC(N)=O)C(=O)N[C@H]2C(=O)N[C@H]3C(=O)N[C@H](C(=O)N[C@H](C(C)=O)c4cc(O)cc(O)c4-c4cc3ccc4O)[C@H](O)c3ccc(c(Cl)c3)Oc3cc2cc(c3OC2OC(CO)C(O)C(O)C2OC2CC(C)(N(C)C)C(O)C(C)O2)Oc2ccc(cc2Cl)[C@H]1O. The largest absolute Gasteiger partial charge is 0.508 e. The summed E-state index contributed by atoms with van der Waals surface area (Å²) in [6.45, 7) is 7.07. The van der Waals surface area contributed by atoms with Crippen LogP contribution in [-0.4, -0.2) is 205 Å². The van der Waals surface area contributed by atoms with E-state index >= 15 is 14.4 Å². The van der Waals surface area contributed by atoms with Crippen LogP contribution < -0.4 is 57.2 Å². The van der Waals surface area contributed by atoms with E-state index in [4.69, 9.17) is 57.4 Å². The zero-order chi connectivity index (χ0) is 75.1. The topological polar surface area (TPSA) is 487 Å². The number of primary amides is 1. The van der Waals surface area contributed by atoms with Crippen LogP contribution in [0.2, 0.25) is 10.0 Å². The molecule has 554 valence electrons. The van der Waals surface area contributed by atoms with Gasteiger partial charge in [0.1, 0.15) is 95.5 Å². The molecule has 34 heteroatoms. The number of rotatable bonds is 14. The molecule has 2 saturated heterocycles. The molecule has 0 spiro atoms. The van der Waals surface area contributed by atoms with Crippen molar-refractivity contribution in [2.24, 2.45) is 11.7 Å². The molecule has 103 heavy (non-hydrogen) atoms. The number of halogens is 2. The Hall–Kier alpha value is -9.00. The van der Waals surface area contributed by atoms with Crippen molar-refractivity contribution in [2.45, 2.75) is 163 Å². The molecule has 7 aliphatic heterocycles. The van der Waals surface area contributed by atoms with Gasteiger partial charge in [-0.05, 0) is 137 Å². The average molecular weight is 1480 g/mol. The highest BCUT2D eigenvalue weighted by molar-refractivity contribution is 6.32. The number of likely N-dealkylation sites (N-methyl/N-ethyl adjacent to an activating group) is 2. The van der Waals surface area contributed by atoms with E-state index in [1.165, 1.54) is 31.3 Å². The molecule has 7 aliphatic rings. The highest BCUT2D eigenvalue weighted by atomic mass is 35.5. The number of hydrogen-bond acceptors (Lipinski definition) is 25. The first-order chi connectivity index (χ1) is 48.6. The number of amides is 7. The van der Waals surface area contributed by atoms with Gasteiger partial charge in [-0.15, -0.1) is 0 Å². The lowest BCUT2D eigenvalue weighted by molar-refractivity contribution is -0.337. The Balaban J connectivity index is 1.24. The van der Waals surface area contributed by atoms with Crippen LogP contribution in [0.3, 0.4) is 0 Å². The van der Waals surface area contributed by atoms with E-state index in [1.54, 1.807) is 32.8 Å². The second-order valence-corrected chi connectivity index (χ2v) is 27.5. The van der Waals surface area contributed by atoms with Crippen molar-refractivity contribution in [1.29, 1.82) is 0 Å². The summed E-state index contributed by atoms with van der Waals surface area (Å²) in [5, 5.41) is 122. The molecule has 0 aromatic heterocycles. The molecule has 12 rings (SSSR count). The van der Waals surface area contributed by atoms with Crippen molar-refractivity contribution in [3.8, 4) is 57.1 Å². The van der Waals surface area contributed by atoms with Crippen LogP contribution in [-0.2, 0) is 52.6 Å². The lowest BCUT2D eigenvalue weighted by Crippen LogP contribution is -2.65. The van der Waals surface area contributed by atoms with E-state index in [0.717, 1.165) is 61.5 Å². The van der Waals surface area contributed by atoms with Crippen molar-refractivity contribution in [2.75, 3.05) is 27.7 Å². The maximum Gasteiger partial charge on any atom is 0.248 e. The average Bonchev–Trinajstić information content (AvgIpc) is 0.770. The number of carbonyl (C=O) groups is 8. The number of ether oxygens (including phenoxy) is 6. The van der Waals surface area contributed by atoms with Gasteiger partial charge >= 0.3 is 0 Å². The zero-order valence-electron chi connectivity index (χ0n) is 56.7. The fourth-order valence-corrected chi connectivity index (χ4v) is 13.5. The quantitative estimate of drug-likeness (QED) is 0.0743. The van der Waals surface area contributed by atoms with Crippen molar-refractivity contribution in [3.05, 3.63) is 117 Å². The van der Waals surface area contributed by atoms with Crippen LogP contribution in [0, 0.1) is 5.92 Å². The second-order valence-electron chi connectivity index (χ2n) is 26.7. The van der Waals surface area contributed by atoms with Crippen LogP contribution in [0.25, 0.3) is 11.1 Å². The number of phenols is 3. The standard InChI is InChI=1S/C69H81Cl2N9O23/c1-26(2)15-38(73-6)62(92)78-53-55(87)30-10-13-42(36(70)17-30)99-44-19-32-20-45(59(44)103-68-60(58(90)57(89)46(25-81)101-68)102-48-24-69(5,80(7)8)61(91)28(4)98-48)100-43-14-11-31(18-37(43)71)56(88)54-67(97)75-50(27(3)82)35-21-33(83)22-41(85)49(35)34-16-29(9-12-40(34)84)51(64(94)79-54)77-65(95)52(32)76-63(93)39(23-47(72)86)74-66(53)96/h9-14,16-22,26,28,38-39,46,48,50-58,60-61,68,73,81,83-85,87-91H,15,23-25H2,1-8H3,(H2,72,86)(H,74,96)(H,75,97)(H,76,93)(H,77,95)(H,78,92)(H,79,94)/t28?,38-,39+,46?,48?,50-,51-,52-,53?,54+,55-,56-,57?,58?,60?,61?,68?,69?/m1/s1. The fourth-order valence-electron chi connectivity index (χ4n) is 13.0. The highest BCUT2D eigenvalue weighted by Crippen LogP contribution is 2.50. The van der Waals surface area contributed by atoms with Gasteiger partial charge in [-0.3, -0.25) is 38.4 Å². The van der Waals surface area contributed by atoms with Crippen LogP contribution in [0.4, 0.5) is 0 Å². The highest BCUT2D eigenvalue weighted by Gasteiger charge is 2.53. The summed E-state index contributed by atoms with van der Waals surface area (Å²) in [6, 6.07) is 0.787. The number of nitrogens with zero attached hydrogens (tertiary/aromatic N) is 1.